The zero-order valence-electron chi connectivity index (χ0n) is 13.8. The van der Waals surface area contributed by atoms with Gasteiger partial charge in [-0.15, -0.1) is 4.13 Å². The highest BCUT2D eigenvalue weighted by molar-refractivity contribution is 9.10. The Labute approximate surface area is 156 Å². The molecule has 7 nitrogen and oxygen atoms in total. The molecule has 1 fully saturated rings. The Morgan fingerprint density at radius 3 is 2.48 bits per heavy atom. The van der Waals surface area contributed by atoms with E-state index in [0.717, 1.165) is 24.7 Å². The molecule has 138 valence electrons. The highest BCUT2D eigenvalue weighted by Crippen LogP contribution is 2.39. The molecule has 1 heterocycles. The van der Waals surface area contributed by atoms with Crippen molar-refractivity contribution in [1.29, 1.82) is 0 Å². The molecule has 10 heteroatoms. The number of nitrogens with zero attached hydrogens (tertiary/aromatic N) is 1. The average molecular weight is 451 g/mol. The molecule has 1 amide bonds. The van der Waals surface area contributed by atoms with E-state index in [1.165, 1.54) is 0 Å². The second kappa shape index (κ2) is 6.33. The Kier molecular flexibility index (Phi) is 4.76. The van der Waals surface area contributed by atoms with Crippen LogP contribution in [0.5, 0.6) is 0 Å². The fourth-order valence-corrected chi connectivity index (χ4v) is 6.53. The molecular weight excluding hydrogens is 432 g/mol. The van der Waals surface area contributed by atoms with Gasteiger partial charge in [0, 0.05) is 22.6 Å². The van der Waals surface area contributed by atoms with Gasteiger partial charge in [-0.25, -0.2) is 16.8 Å². The number of carbonyl (C=O) groups excluding carboxylic acids is 1. The van der Waals surface area contributed by atoms with E-state index in [4.69, 9.17) is 0 Å². The van der Waals surface area contributed by atoms with Gasteiger partial charge in [-0.05, 0) is 48.9 Å². The first-order valence-corrected chi connectivity index (χ1v) is 12.1. The van der Waals surface area contributed by atoms with Gasteiger partial charge in [-0.2, -0.15) is 0 Å². The van der Waals surface area contributed by atoms with Crippen molar-refractivity contribution in [1.82, 2.24) is 9.03 Å². The molecule has 1 atom stereocenters. The topological polar surface area (TPSA) is 101 Å². The molecule has 0 aromatic heterocycles. The second-order valence-corrected chi connectivity index (χ2v) is 11.4. The van der Waals surface area contributed by atoms with E-state index in [2.05, 4.69) is 15.9 Å². The van der Waals surface area contributed by atoms with Gasteiger partial charge in [0.05, 0.1) is 12.0 Å². The zero-order valence-corrected chi connectivity index (χ0v) is 17.0. The Hall–Kier alpha value is -0.970. The van der Waals surface area contributed by atoms with Crippen LogP contribution in [0.25, 0.3) is 0 Å². The quantitative estimate of drug-likeness (QED) is 0.708. The van der Waals surface area contributed by atoms with Gasteiger partial charge in [0.2, 0.25) is 20.0 Å². The summed E-state index contributed by atoms with van der Waals surface area (Å²) in [6, 6.07) is 3.48. The molecule has 2 aliphatic rings. The standard InChI is InChI=1S/C15H19BrN2O5S2/c1-9(10-3-4-10)18-7-11-5-13(16)6-12(14(11)15(18)19)8-25(22,23)17-24(2,20)21/h5-6,9-10,17H,3-4,7-8H2,1-2H3. The third-order valence-corrected chi connectivity index (χ3v) is 7.88. The lowest BCUT2D eigenvalue weighted by Gasteiger charge is -2.24. The van der Waals surface area contributed by atoms with Crippen molar-refractivity contribution in [3.8, 4) is 0 Å². The van der Waals surface area contributed by atoms with Gasteiger partial charge in [0.15, 0.2) is 0 Å². The summed E-state index contributed by atoms with van der Waals surface area (Å²) in [5.74, 6) is -0.258. The summed E-state index contributed by atoms with van der Waals surface area (Å²) in [7, 11) is -8.04. The second-order valence-electron chi connectivity index (χ2n) is 6.72. The number of carbonyl (C=O) groups is 1. The summed E-state index contributed by atoms with van der Waals surface area (Å²) in [5.41, 5.74) is 1.43. The Balaban J connectivity index is 1.95. The molecule has 1 aromatic carbocycles. The summed E-state index contributed by atoms with van der Waals surface area (Å²) >= 11 is 3.34. The van der Waals surface area contributed by atoms with Gasteiger partial charge in [0.25, 0.3) is 5.91 Å². The highest BCUT2D eigenvalue weighted by atomic mass is 79.9. The molecule has 1 unspecified atom stereocenters. The lowest BCUT2D eigenvalue weighted by molar-refractivity contribution is 0.0697. The van der Waals surface area contributed by atoms with Crippen molar-refractivity contribution in [3.05, 3.63) is 33.3 Å². The molecule has 1 saturated carbocycles. The van der Waals surface area contributed by atoms with Crippen molar-refractivity contribution in [2.75, 3.05) is 6.26 Å². The van der Waals surface area contributed by atoms with E-state index in [1.54, 1.807) is 15.1 Å². The van der Waals surface area contributed by atoms with E-state index in [1.807, 2.05) is 13.0 Å². The predicted molar refractivity (Wildman–Crippen MR) is 96.8 cm³/mol. The number of benzene rings is 1. The smallest absolute Gasteiger partial charge is 0.255 e. The predicted octanol–water partition coefficient (Wildman–Crippen LogP) is 1.58. The molecule has 1 aromatic rings. The van der Waals surface area contributed by atoms with E-state index in [0.29, 0.717) is 28.1 Å². The minimum absolute atomic E-state index is 0.109. The van der Waals surface area contributed by atoms with E-state index in [-0.39, 0.29) is 11.9 Å². The third kappa shape index (κ3) is 4.24. The number of fused-ring (bicyclic) bond motifs is 1. The fraction of sp³-hybridized carbons (Fsp3) is 0.533. The van der Waals surface area contributed by atoms with Crippen molar-refractivity contribution >= 4 is 41.9 Å². The molecule has 1 aliphatic heterocycles. The van der Waals surface area contributed by atoms with Crippen LogP contribution in [0.4, 0.5) is 0 Å². The monoisotopic (exact) mass is 450 g/mol. The molecular formula is C15H19BrN2O5S2. The van der Waals surface area contributed by atoms with Crippen LogP contribution in [-0.2, 0) is 32.3 Å². The number of nitrogens with one attached hydrogen (secondary N) is 1. The number of hydrogen-bond acceptors (Lipinski definition) is 5. The minimum Gasteiger partial charge on any atom is -0.331 e. The largest absolute Gasteiger partial charge is 0.331 e. The summed E-state index contributed by atoms with van der Waals surface area (Å²) in [4.78, 5) is 14.6. The highest BCUT2D eigenvalue weighted by Gasteiger charge is 2.40. The van der Waals surface area contributed by atoms with Gasteiger partial charge >= 0.3 is 0 Å². The first kappa shape index (κ1) is 18.8. The van der Waals surface area contributed by atoms with Crippen LogP contribution in [0, 0.1) is 5.92 Å². The van der Waals surface area contributed by atoms with Gasteiger partial charge < -0.3 is 4.90 Å². The maximum Gasteiger partial charge on any atom is 0.255 e. The maximum atomic E-state index is 12.9. The van der Waals surface area contributed by atoms with Gasteiger partial charge in [-0.1, -0.05) is 15.9 Å². The van der Waals surface area contributed by atoms with Crippen LogP contribution in [0.1, 0.15) is 41.3 Å². The van der Waals surface area contributed by atoms with E-state index >= 15 is 0 Å². The lowest BCUT2D eigenvalue weighted by Crippen LogP contribution is -2.35. The number of rotatable bonds is 6. The minimum atomic E-state index is -4.13. The van der Waals surface area contributed by atoms with Crippen molar-refractivity contribution < 1.29 is 21.6 Å². The normalized spacial score (nSPS) is 19.2. The average Bonchev–Trinajstić information content (AvgIpc) is 3.19. The first-order chi connectivity index (χ1) is 11.5. The lowest BCUT2D eigenvalue weighted by atomic mass is 10.0. The molecule has 0 spiro atoms. The Bertz CT molecular complexity index is 939. The molecule has 1 aliphatic carbocycles. The van der Waals surface area contributed by atoms with Crippen LogP contribution < -0.4 is 4.13 Å². The molecule has 3 rings (SSSR count). The third-order valence-electron chi connectivity index (χ3n) is 4.50. The summed E-state index contributed by atoms with van der Waals surface area (Å²) in [6.07, 6.45) is 2.98. The molecule has 0 saturated heterocycles. The summed E-state index contributed by atoms with van der Waals surface area (Å²) in [5, 5.41) is 0. The Morgan fingerprint density at radius 1 is 1.28 bits per heavy atom. The van der Waals surface area contributed by atoms with E-state index < -0.39 is 25.8 Å². The summed E-state index contributed by atoms with van der Waals surface area (Å²) in [6.45, 7) is 2.45. The summed E-state index contributed by atoms with van der Waals surface area (Å²) < 4.78 is 49.1. The number of halogens is 1. The number of amides is 1. The van der Waals surface area contributed by atoms with Crippen LogP contribution in [0.15, 0.2) is 16.6 Å². The van der Waals surface area contributed by atoms with Crippen LogP contribution in [0.2, 0.25) is 0 Å². The molecule has 25 heavy (non-hydrogen) atoms. The van der Waals surface area contributed by atoms with Crippen molar-refractivity contribution in [2.24, 2.45) is 5.92 Å². The number of hydrogen-bond donors (Lipinski definition) is 1. The first-order valence-electron chi connectivity index (χ1n) is 7.80. The zero-order chi connectivity index (χ0) is 18.6. The van der Waals surface area contributed by atoms with Crippen LogP contribution >= 0.6 is 15.9 Å². The van der Waals surface area contributed by atoms with Gasteiger partial charge in [0.1, 0.15) is 0 Å². The SMILES string of the molecule is CC(C1CC1)N1Cc2cc(Br)cc(CS(=O)(=O)NS(C)(=O)=O)c2C1=O. The van der Waals surface area contributed by atoms with Crippen molar-refractivity contribution in [2.45, 2.75) is 38.1 Å². The molecule has 1 N–H and O–H groups in total. The van der Waals surface area contributed by atoms with Crippen molar-refractivity contribution in [3.63, 3.8) is 0 Å². The Morgan fingerprint density at radius 2 is 1.92 bits per heavy atom. The molecule has 0 bridgehead atoms. The number of sulfonamides is 2. The van der Waals surface area contributed by atoms with Crippen LogP contribution in [0.3, 0.4) is 0 Å². The maximum absolute atomic E-state index is 12.9. The van der Waals surface area contributed by atoms with Crippen LogP contribution in [-0.4, -0.2) is 39.9 Å². The van der Waals surface area contributed by atoms with Gasteiger partial charge in [-0.3, -0.25) is 4.79 Å². The molecule has 0 radical (unpaired) electrons. The van der Waals surface area contributed by atoms with E-state index in [9.17, 15) is 21.6 Å². The fourth-order valence-electron chi connectivity index (χ4n) is 3.26.